The Morgan fingerprint density at radius 3 is 2.24 bits per heavy atom. The summed E-state index contributed by atoms with van der Waals surface area (Å²) < 4.78 is 7.47. The van der Waals surface area contributed by atoms with Crippen molar-refractivity contribution in [1.29, 1.82) is 0 Å². The highest BCUT2D eigenvalue weighted by molar-refractivity contribution is 14.1. The molecule has 0 aliphatic heterocycles. The van der Waals surface area contributed by atoms with Gasteiger partial charge in [0.05, 0.1) is 0 Å². The molecule has 0 unspecified atom stereocenters. The predicted molar refractivity (Wildman–Crippen MR) is 111 cm³/mol. The van der Waals surface area contributed by atoms with Gasteiger partial charge in [0.1, 0.15) is 11.5 Å². The number of rotatable bonds is 3. The van der Waals surface area contributed by atoms with Crippen LogP contribution in [0.2, 0.25) is 0 Å². The molecule has 1 aliphatic rings. The Morgan fingerprint density at radius 2 is 1.60 bits per heavy atom. The van der Waals surface area contributed by atoms with Crippen molar-refractivity contribution in [2.75, 3.05) is 0 Å². The largest absolute Gasteiger partial charge is 0.461 e. The number of benzene rings is 2. The number of halogens is 1. The quantitative estimate of drug-likeness (QED) is 0.523. The number of ether oxygens (including phenoxy) is 1. The molecule has 3 heteroatoms. The summed E-state index contributed by atoms with van der Waals surface area (Å²) in [5.74, 6) is 1.73. The first kappa shape index (κ1) is 18.2. The van der Waals surface area contributed by atoms with Crippen LogP contribution in [0.15, 0.2) is 48.2 Å². The van der Waals surface area contributed by atoms with Crippen molar-refractivity contribution in [3.8, 4) is 16.9 Å². The molecule has 0 saturated heterocycles. The molecule has 2 nitrogen and oxygen atoms in total. The summed E-state index contributed by atoms with van der Waals surface area (Å²) in [6.07, 6.45) is 3.02. The van der Waals surface area contributed by atoms with E-state index < -0.39 is 0 Å². The van der Waals surface area contributed by atoms with Gasteiger partial charge in [-0.15, -0.1) is 0 Å². The second-order valence-electron chi connectivity index (χ2n) is 7.58. The van der Waals surface area contributed by atoms with Crippen LogP contribution in [0.4, 0.5) is 0 Å². The second kappa shape index (κ2) is 6.94. The monoisotopic (exact) mass is 446 g/mol. The molecule has 0 heterocycles. The van der Waals surface area contributed by atoms with Crippen molar-refractivity contribution in [1.82, 2.24) is 0 Å². The van der Waals surface area contributed by atoms with E-state index in [4.69, 9.17) is 4.74 Å². The number of carbonyl (C=O) groups excluding carboxylic acids is 1. The first-order valence-electron chi connectivity index (χ1n) is 8.53. The SMILES string of the molecule is Cc1cccc(I)c1-c1c(C)cccc1OC1=CC(=O)CC(C)(C)C1. The van der Waals surface area contributed by atoms with Gasteiger partial charge in [-0.2, -0.15) is 0 Å². The van der Waals surface area contributed by atoms with Gasteiger partial charge in [-0.05, 0) is 65.1 Å². The summed E-state index contributed by atoms with van der Waals surface area (Å²) in [5.41, 5.74) is 4.66. The Labute approximate surface area is 163 Å². The minimum Gasteiger partial charge on any atom is -0.461 e. The van der Waals surface area contributed by atoms with Crippen LogP contribution in [0, 0.1) is 22.8 Å². The maximum absolute atomic E-state index is 12.1. The molecule has 25 heavy (non-hydrogen) atoms. The summed E-state index contributed by atoms with van der Waals surface area (Å²) in [6.45, 7) is 8.46. The first-order chi connectivity index (χ1) is 11.8. The van der Waals surface area contributed by atoms with Crippen LogP contribution < -0.4 is 4.74 Å². The van der Waals surface area contributed by atoms with Gasteiger partial charge in [0.15, 0.2) is 5.78 Å². The molecule has 1 aliphatic carbocycles. The van der Waals surface area contributed by atoms with Crippen LogP contribution in [0.1, 0.15) is 37.8 Å². The van der Waals surface area contributed by atoms with E-state index in [1.54, 1.807) is 6.08 Å². The molecule has 0 bridgehead atoms. The molecule has 3 rings (SSSR count). The van der Waals surface area contributed by atoms with Gasteiger partial charge in [0.25, 0.3) is 0 Å². The topological polar surface area (TPSA) is 26.3 Å². The Morgan fingerprint density at radius 1 is 0.960 bits per heavy atom. The highest BCUT2D eigenvalue weighted by Gasteiger charge is 2.29. The van der Waals surface area contributed by atoms with Crippen molar-refractivity contribution in [3.05, 3.63) is 62.9 Å². The van der Waals surface area contributed by atoms with Crippen LogP contribution in [0.3, 0.4) is 0 Å². The molecule has 0 radical (unpaired) electrons. The van der Waals surface area contributed by atoms with Crippen molar-refractivity contribution < 1.29 is 9.53 Å². The lowest BCUT2D eigenvalue weighted by Gasteiger charge is -2.29. The fraction of sp³-hybridized carbons (Fsp3) is 0.318. The molecular formula is C22H23IO2. The third-order valence-corrected chi connectivity index (χ3v) is 5.47. The highest BCUT2D eigenvalue weighted by atomic mass is 127. The van der Waals surface area contributed by atoms with Crippen LogP contribution in [-0.2, 0) is 4.79 Å². The third-order valence-electron chi connectivity index (χ3n) is 4.58. The summed E-state index contributed by atoms with van der Waals surface area (Å²) in [7, 11) is 0. The fourth-order valence-corrected chi connectivity index (χ4v) is 4.39. The van der Waals surface area contributed by atoms with Crippen molar-refractivity contribution >= 4 is 28.4 Å². The minimum absolute atomic E-state index is 0.0533. The van der Waals surface area contributed by atoms with E-state index in [2.05, 4.69) is 74.6 Å². The van der Waals surface area contributed by atoms with Crippen molar-refractivity contribution in [2.24, 2.45) is 5.41 Å². The van der Waals surface area contributed by atoms with E-state index in [-0.39, 0.29) is 11.2 Å². The van der Waals surface area contributed by atoms with E-state index in [0.717, 1.165) is 23.5 Å². The summed E-state index contributed by atoms with van der Waals surface area (Å²) >= 11 is 2.38. The maximum Gasteiger partial charge on any atom is 0.159 e. The smallest absolute Gasteiger partial charge is 0.159 e. The molecule has 0 amide bonds. The molecule has 0 N–H and O–H groups in total. The predicted octanol–water partition coefficient (Wildman–Crippen LogP) is 6.23. The summed E-state index contributed by atoms with van der Waals surface area (Å²) in [6, 6.07) is 12.4. The van der Waals surface area contributed by atoms with Gasteiger partial charge in [0, 0.05) is 33.6 Å². The zero-order valence-corrected chi connectivity index (χ0v) is 17.3. The van der Waals surface area contributed by atoms with Crippen LogP contribution >= 0.6 is 22.6 Å². The van der Waals surface area contributed by atoms with E-state index in [1.165, 1.54) is 20.3 Å². The standard InChI is InChI=1S/C22H23IO2/c1-14-7-5-9-18(23)20(14)21-15(2)8-6-10-19(21)25-17-11-16(24)12-22(3,4)13-17/h5-11H,12-13H2,1-4H3. The molecule has 2 aromatic carbocycles. The molecule has 0 aromatic heterocycles. The van der Waals surface area contributed by atoms with Gasteiger partial charge in [-0.3, -0.25) is 4.79 Å². The molecule has 0 atom stereocenters. The lowest BCUT2D eigenvalue weighted by molar-refractivity contribution is -0.117. The summed E-state index contributed by atoms with van der Waals surface area (Å²) in [4.78, 5) is 12.1. The third kappa shape index (κ3) is 3.97. The van der Waals surface area contributed by atoms with Gasteiger partial charge in [-0.1, -0.05) is 38.1 Å². The Balaban J connectivity index is 2.08. The van der Waals surface area contributed by atoms with Gasteiger partial charge in [0.2, 0.25) is 0 Å². The average molecular weight is 446 g/mol. The number of carbonyl (C=O) groups is 1. The van der Waals surface area contributed by atoms with Gasteiger partial charge in [-0.25, -0.2) is 0 Å². The maximum atomic E-state index is 12.1. The van der Waals surface area contributed by atoms with E-state index in [9.17, 15) is 4.79 Å². The Bertz CT molecular complexity index is 842. The number of aryl methyl sites for hydroxylation is 2. The second-order valence-corrected chi connectivity index (χ2v) is 8.74. The highest BCUT2D eigenvalue weighted by Crippen LogP contribution is 2.41. The number of hydrogen-bond donors (Lipinski definition) is 0. The number of ketones is 1. The normalized spacial score (nSPS) is 16.5. The lowest BCUT2D eigenvalue weighted by atomic mass is 9.79. The van der Waals surface area contributed by atoms with Crippen LogP contribution in [-0.4, -0.2) is 5.78 Å². The van der Waals surface area contributed by atoms with Crippen LogP contribution in [0.25, 0.3) is 11.1 Å². The van der Waals surface area contributed by atoms with Gasteiger partial charge >= 0.3 is 0 Å². The molecule has 0 saturated carbocycles. The van der Waals surface area contributed by atoms with Crippen LogP contribution in [0.5, 0.6) is 5.75 Å². The average Bonchev–Trinajstić information content (AvgIpc) is 2.47. The molecule has 0 spiro atoms. The lowest BCUT2D eigenvalue weighted by Crippen LogP contribution is -2.23. The zero-order valence-electron chi connectivity index (χ0n) is 15.2. The summed E-state index contributed by atoms with van der Waals surface area (Å²) in [5, 5.41) is 0. The Hall–Kier alpha value is -1.62. The van der Waals surface area contributed by atoms with E-state index >= 15 is 0 Å². The Kier molecular flexibility index (Phi) is 5.05. The van der Waals surface area contributed by atoms with Crippen molar-refractivity contribution in [3.63, 3.8) is 0 Å². The zero-order chi connectivity index (χ0) is 18.2. The molecule has 2 aromatic rings. The number of allylic oxidation sites excluding steroid dienone is 2. The molecule has 0 fully saturated rings. The minimum atomic E-state index is -0.0533. The van der Waals surface area contributed by atoms with Gasteiger partial charge < -0.3 is 4.74 Å². The molecule has 130 valence electrons. The fourth-order valence-electron chi connectivity index (χ4n) is 3.49. The van der Waals surface area contributed by atoms with E-state index in [1.807, 2.05) is 12.1 Å². The molecular weight excluding hydrogens is 423 g/mol. The van der Waals surface area contributed by atoms with Crippen molar-refractivity contribution in [2.45, 2.75) is 40.5 Å². The van der Waals surface area contributed by atoms with E-state index in [0.29, 0.717) is 6.42 Å². The first-order valence-corrected chi connectivity index (χ1v) is 9.61. The number of hydrogen-bond acceptors (Lipinski definition) is 2.